The summed E-state index contributed by atoms with van der Waals surface area (Å²) in [6, 6.07) is 0. The van der Waals surface area contributed by atoms with Crippen LogP contribution in [-0.2, 0) is 9.47 Å². The van der Waals surface area contributed by atoms with E-state index in [4.69, 9.17) is 9.47 Å². The van der Waals surface area contributed by atoms with E-state index in [1.54, 1.807) is 0 Å². The van der Waals surface area contributed by atoms with E-state index < -0.39 is 5.60 Å². The van der Waals surface area contributed by atoms with Crippen molar-refractivity contribution in [2.24, 2.45) is 5.92 Å². The van der Waals surface area contributed by atoms with Crippen molar-refractivity contribution in [1.82, 2.24) is 0 Å². The number of hydrogen-bond acceptors (Lipinski definition) is 4. The Hall–Kier alpha value is 0.230. The van der Waals surface area contributed by atoms with Crippen LogP contribution in [0.2, 0.25) is 0 Å². The van der Waals surface area contributed by atoms with Crippen LogP contribution in [0.1, 0.15) is 39.0 Å². The third-order valence-corrected chi connectivity index (χ3v) is 6.49. The van der Waals surface area contributed by atoms with Crippen LogP contribution in [0.4, 0.5) is 0 Å². The van der Waals surface area contributed by atoms with Crippen molar-refractivity contribution in [1.29, 1.82) is 0 Å². The first-order valence-corrected chi connectivity index (χ1v) is 8.25. The molecule has 0 bridgehead atoms. The van der Waals surface area contributed by atoms with Crippen LogP contribution in [0.15, 0.2) is 0 Å². The summed E-state index contributed by atoms with van der Waals surface area (Å²) in [6.45, 7) is 4.52. The largest absolute Gasteiger partial charge is 0.388 e. The molecule has 0 saturated carbocycles. The van der Waals surface area contributed by atoms with Gasteiger partial charge in [-0.2, -0.15) is 11.8 Å². The molecule has 4 unspecified atom stereocenters. The summed E-state index contributed by atoms with van der Waals surface area (Å²) in [6.07, 6.45) is 5.09. The van der Waals surface area contributed by atoms with Crippen LogP contribution in [0.3, 0.4) is 0 Å². The lowest BCUT2D eigenvalue weighted by atomic mass is 9.72. The summed E-state index contributed by atoms with van der Waals surface area (Å²) in [7, 11) is 0. The average molecular weight is 272 g/mol. The van der Waals surface area contributed by atoms with E-state index in [9.17, 15) is 5.11 Å². The summed E-state index contributed by atoms with van der Waals surface area (Å²) in [5, 5.41) is 11.4. The summed E-state index contributed by atoms with van der Waals surface area (Å²) < 4.78 is 11.5. The fourth-order valence-electron chi connectivity index (χ4n) is 3.82. The summed E-state index contributed by atoms with van der Waals surface area (Å²) in [5.41, 5.74) is -0.567. The van der Waals surface area contributed by atoms with Crippen LogP contribution >= 0.6 is 11.8 Å². The molecule has 0 aromatic carbocycles. The van der Waals surface area contributed by atoms with Crippen molar-refractivity contribution in [2.45, 2.75) is 55.5 Å². The molecular formula is C14H24O3S. The van der Waals surface area contributed by atoms with E-state index >= 15 is 0 Å². The van der Waals surface area contributed by atoms with E-state index in [0.717, 1.165) is 51.9 Å². The minimum absolute atomic E-state index is 0.0829. The molecule has 18 heavy (non-hydrogen) atoms. The van der Waals surface area contributed by atoms with Gasteiger partial charge in [-0.1, -0.05) is 6.92 Å². The zero-order valence-corrected chi connectivity index (χ0v) is 12.0. The molecule has 0 aliphatic carbocycles. The Kier molecular flexibility index (Phi) is 3.65. The molecule has 4 heteroatoms. The molecule has 0 aromatic rings. The maximum absolute atomic E-state index is 11.1. The molecule has 0 amide bonds. The minimum atomic E-state index is -0.484. The van der Waals surface area contributed by atoms with Crippen LogP contribution in [0.5, 0.6) is 0 Å². The molecule has 0 radical (unpaired) electrons. The molecule has 0 aromatic heterocycles. The lowest BCUT2D eigenvalue weighted by Crippen LogP contribution is -2.54. The van der Waals surface area contributed by atoms with E-state index in [1.165, 1.54) is 5.75 Å². The van der Waals surface area contributed by atoms with Crippen molar-refractivity contribution in [3.63, 3.8) is 0 Å². The molecule has 3 fully saturated rings. The highest BCUT2D eigenvalue weighted by atomic mass is 32.2. The highest BCUT2D eigenvalue weighted by Gasteiger charge is 2.50. The molecule has 4 atom stereocenters. The number of aliphatic hydroxyl groups is 1. The van der Waals surface area contributed by atoms with Crippen LogP contribution < -0.4 is 0 Å². The molecule has 1 N–H and O–H groups in total. The summed E-state index contributed by atoms with van der Waals surface area (Å²) in [5.74, 6) is 1.58. The first-order chi connectivity index (χ1) is 8.65. The highest BCUT2D eigenvalue weighted by Crippen LogP contribution is 2.47. The molecule has 104 valence electrons. The van der Waals surface area contributed by atoms with Crippen molar-refractivity contribution >= 4 is 11.8 Å². The molecule has 3 rings (SSSR count). The van der Waals surface area contributed by atoms with E-state index in [0.29, 0.717) is 11.2 Å². The van der Waals surface area contributed by atoms with E-state index in [1.807, 2.05) is 11.8 Å². The smallest absolute Gasteiger partial charge is 0.0940 e. The third-order valence-electron chi connectivity index (χ3n) is 5.06. The topological polar surface area (TPSA) is 38.7 Å². The Morgan fingerprint density at radius 2 is 2.17 bits per heavy atom. The number of thioether (sulfide) groups is 1. The van der Waals surface area contributed by atoms with Gasteiger partial charge >= 0.3 is 0 Å². The van der Waals surface area contributed by atoms with Gasteiger partial charge < -0.3 is 14.6 Å². The zero-order chi connectivity index (χ0) is 12.6. The molecule has 3 saturated heterocycles. The first kappa shape index (κ1) is 13.2. The number of rotatable bonds is 1. The normalized spacial score (nSPS) is 49.7. The highest BCUT2D eigenvalue weighted by molar-refractivity contribution is 8.00. The fraction of sp³-hybridized carbons (Fsp3) is 1.00. The molecule has 1 spiro atoms. The monoisotopic (exact) mass is 272 g/mol. The molecular weight excluding hydrogens is 248 g/mol. The van der Waals surface area contributed by atoms with Gasteiger partial charge in [0.2, 0.25) is 0 Å². The Bertz CT molecular complexity index is 303. The number of ether oxygens (including phenoxy) is 2. The van der Waals surface area contributed by atoms with Crippen molar-refractivity contribution < 1.29 is 14.6 Å². The first-order valence-electron chi connectivity index (χ1n) is 7.20. The van der Waals surface area contributed by atoms with Gasteiger partial charge in [0.05, 0.1) is 17.8 Å². The predicted molar refractivity (Wildman–Crippen MR) is 72.9 cm³/mol. The summed E-state index contributed by atoms with van der Waals surface area (Å²) in [4.78, 5) is 0. The Morgan fingerprint density at radius 1 is 1.28 bits per heavy atom. The molecule has 3 nitrogen and oxygen atoms in total. The maximum atomic E-state index is 11.1. The fourth-order valence-corrected chi connectivity index (χ4v) is 5.08. The zero-order valence-electron chi connectivity index (χ0n) is 11.2. The predicted octanol–water partition coefficient (Wildman–Crippen LogP) is 2.22. The lowest BCUT2D eigenvalue weighted by Gasteiger charge is -2.48. The van der Waals surface area contributed by atoms with Gasteiger partial charge in [0.15, 0.2) is 0 Å². The van der Waals surface area contributed by atoms with Crippen molar-refractivity contribution in [2.75, 3.05) is 25.6 Å². The number of hydrogen-bond donors (Lipinski definition) is 1. The second kappa shape index (κ2) is 4.97. The van der Waals surface area contributed by atoms with Crippen LogP contribution in [0, 0.1) is 5.92 Å². The second-order valence-corrected chi connectivity index (χ2v) is 7.58. The van der Waals surface area contributed by atoms with Crippen LogP contribution in [-0.4, -0.2) is 47.1 Å². The second-order valence-electron chi connectivity index (χ2n) is 6.13. The van der Waals surface area contributed by atoms with E-state index in [2.05, 4.69) is 6.92 Å². The van der Waals surface area contributed by atoms with Gasteiger partial charge in [-0.25, -0.2) is 0 Å². The average Bonchev–Trinajstić information content (AvgIpc) is 2.81. The molecule has 3 heterocycles. The SMILES string of the molecule is CC1SCCCC1(O)C1CCOC2(CCOC2)C1. The third kappa shape index (κ3) is 2.21. The van der Waals surface area contributed by atoms with Gasteiger partial charge in [0.25, 0.3) is 0 Å². The van der Waals surface area contributed by atoms with Crippen molar-refractivity contribution in [3.8, 4) is 0 Å². The standard InChI is InChI=1S/C14H24O3S/c1-11-14(15,4-2-8-18-11)12-3-6-17-13(9-12)5-7-16-10-13/h11-12,15H,2-10H2,1H3. The minimum Gasteiger partial charge on any atom is -0.388 e. The lowest BCUT2D eigenvalue weighted by molar-refractivity contribution is -0.145. The Morgan fingerprint density at radius 3 is 2.89 bits per heavy atom. The van der Waals surface area contributed by atoms with Gasteiger partial charge in [0, 0.05) is 24.9 Å². The summed E-state index contributed by atoms with van der Waals surface area (Å²) >= 11 is 1.93. The Balaban J connectivity index is 1.74. The van der Waals surface area contributed by atoms with Gasteiger partial charge in [0.1, 0.15) is 0 Å². The quantitative estimate of drug-likeness (QED) is 0.794. The van der Waals surface area contributed by atoms with Gasteiger partial charge in [-0.05, 0) is 37.4 Å². The molecule has 3 aliphatic rings. The van der Waals surface area contributed by atoms with E-state index in [-0.39, 0.29) is 5.60 Å². The van der Waals surface area contributed by atoms with Gasteiger partial charge in [-0.15, -0.1) is 0 Å². The van der Waals surface area contributed by atoms with Gasteiger partial charge in [-0.3, -0.25) is 0 Å². The maximum Gasteiger partial charge on any atom is 0.0940 e. The molecule has 3 aliphatic heterocycles. The Labute approximate surface area is 114 Å². The van der Waals surface area contributed by atoms with Crippen molar-refractivity contribution in [3.05, 3.63) is 0 Å². The van der Waals surface area contributed by atoms with Crippen LogP contribution in [0.25, 0.3) is 0 Å².